The van der Waals surface area contributed by atoms with Crippen LogP contribution in [0.1, 0.15) is 22.5 Å². The first-order valence-corrected chi connectivity index (χ1v) is 14.8. The molecule has 0 atom stereocenters. The van der Waals surface area contributed by atoms with Gasteiger partial charge in [-0.3, -0.25) is 4.79 Å². The number of carbonyl (C=O) groups is 1. The fourth-order valence-corrected chi connectivity index (χ4v) is 6.25. The third-order valence-electron chi connectivity index (χ3n) is 7.12. The largest absolute Gasteiger partial charge is 0.289 e. The highest BCUT2D eigenvalue weighted by Crippen LogP contribution is 2.27. The molecule has 1 aliphatic rings. The summed E-state index contributed by atoms with van der Waals surface area (Å²) in [5.74, 6) is -0.899. The molecule has 3 heterocycles. The Bertz CT molecular complexity index is 1900. The van der Waals surface area contributed by atoms with Crippen molar-refractivity contribution in [3.05, 3.63) is 125 Å². The van der Waals surface area contributed by atoms with Gasteiger partial charge >= 0.3 is 0 Å². The second-order valence-electron chi connectivity index (χ2n) is 10.1. The minimum absolute atomic E-state index is 0.0852. The van der Waals surface area contributed by atoms with E-state index in [1.54, 1.807) is 21.8 Å². The number of aryl methyl sites for hydroxylation is 2. The van der Waals surface area contributed by atoms with Gasteiger partial charge in [-0.2, -0.15) is 4.31 Å². The summed E-state index contributed by atoms with van der Waals surface area (Å²) in [6.45, 7) is 3.49. The number of hydrogen-bond acceptors (Lipinski definition) is 7. The minimum Gasteiger partial charge on any atom is -0.289 e. The average Bonchev–Trinajstić information content (AvgIpc) is 3.65. The number of piperidine rings is 1. The molecule has 5 aromatic rings. The number of Topliss-reactive ketones (excluding diaryl/α,β-unsaturated/α-hetero) is 1. The van der Waals surface area contributed by atoms with Gasteiger partial charge in [0.15, 0.2) is 5.78 Å². The lowest BCUT2D eigenvalue weighted by atomic mass is 9.97. The maximum atomic E-state index is 13.7. The lowest BCUT2D eigenvalue weighted by Gasteiger charge is -2.29. The molecule has 0 unspecified atom stereocenters. The second-order valence-corrected chi connectivity index (χ2v) is 12.1. The Morgan fingerprint density at radius 2 is 1.19 bits per heavy atom. The SMILES string of the molecule is Cc1ccccc1-n1cc(C=C2CN(S(=O)(=O)c3ccc(F)cc3)CC(=Cc3cn(-c4ccccc4C)nn3)C2=O)nn1. The van der Waals surface area contributed by atoms with E-state index in [1.807, 2.05) is 62.4 Å². The summed E-state index contributed by atoms with van der Waals surface area (Å²) in [5.41, 5.74) is 4.80. The molecule has 216 valence electrons. The quantitative estimate of drug-likeness (QED) is 0.268. The van der Waals surface area contributed by atoms with E-state index in [-0.39, 0.29) is 34.9 Å². The van der Waals surface area contributed by atoms with Crippen molar-refractivity contribution in [3.8, 4) is 11.4 Å². The lowest BCUT2D eigenvalue weighted by molar-refractivity contribution is -0.113. The third-order valence-corrected chi connectivity index (χ3v) is 8.93. The summed E-state index contributed by atoms with van der Waals surface area (Å²) < 4.78 is 45.2. The zero-order chi connectivity index (χ0) is 30.1. The van der Waals surface area contributed by atoms with Gasteiger partial charge < -0.3 is 0 Å². The number of rotatable bonds is 6. The van der Waals surface area contributed by atoms with Gasteiger partial charge in [-0.1, -0.05) is 46.8 Å². The summed E-state index contributed by atoms with van der Waals surface area (Å²) in [6, 6.07) is 19.9. The van der Waals surface area contributed by atoms with Crippen LogP contribution < -0.4 is 0 Å². The van der Waals surface area contributed by atoms with E-state index < -0.39 is 15.8 Å². The van der Waals surface area contributed by atoms with E-state index >= 15 is 0 Å². The fourth-order valence-electron chi connectivity index (χ4n) is 4.85. The smallest absolute Gasteiger partial charge is 0.243 e. The molecule has 2 aromatic heterocycles. The highest BCUT2D eigenvalue weighted by molar-refractivity contribution is 7.89. The Labute approximate surface area is 247 Å². The van der Waals surface area contributed by atoms with Gasteiger partial charge in [-0.15, -0.1) is 10.2 Å². The Hall–Kier alpha value is -5.07. The van der Waals surface area contributed by atoms with Gasteiger partial charge in [0.05, 0.1) is 28.7 Å². The van der Waals surface area contributed by atoms with E-state index in [4.69, 9.17) is 0 Å². The molecule has 6 rings (SSSR count). The molecule has 12 heteroatoms. The maximum Gasteiger partial charge on any atom is 0.243 e. The van der Waals surface area contributed by atoms with Crippen molar-refractivity contribution in [3.63, 3.8) is 0 Å². The molecule has 1 fully saturated rings. The minimum atomic E-state index is -4.09. The monoisotopic (exact) mass is 595 g/mol. The second kappa shape index (κ2) is 11.3. The predicted molar refractivity (Wildman–Crippen MR) is 158 cm³/mol. The van der Waals surface area contributed by atoms with Gasteiger partial charge in [0, 0.05) is 24.2 Å². The molecule has 0 bridgehead atoms. The molecule has 0 radical (unpaired) electrons. The number of ketones is 1. The van der Waals surface area contributed by atoms with Crippen LogP contribution in [0.15, 0.2) is 101 Å². The van der Waals surface area contributed by atoms with Gasteiger partial charge in [0.2, 0.25) is 10.0 Å². The fraction of sp³-hybridized carbons (Fsp3) is 0.129. The number of para-hydroxylation sites is 2. The van der Waals surface area contributed by atoms with E-state index in [0.29, 0.717) is 11.4 Å². The molecule has 1 aliphatic heterocycles. The Morgan fingerprint density at radius 3 is 1.65 bits per heavy atom. The van der Waals surface area contributed by atoms with Crippen LogP contribution in [0.2, 0.25) is 0 Å². The van der Waals surface area contributed by atoms with Gasteiger partial charge in [-0.05, 0) is 73.5 Å². The van der Waals surface area contributed by atoms with Crippen molar-refractivity contribution in [1.29, 1.82) is 0 Å². The molecule has 0 spiro atoms. The van der Waals surface area contributed by atoms with E-state index in [2.05, 4.69) is 20.6 Å². The van der Waals surface area contributed by atoms with Crippen LogP contribution in [0.5, 0.6) is 0 Å². The Morgan fingerprint density at radius 1 is 0.721 bits per heavy atom. The normalized spacial score (nSPS) is 16.3. The molecule has 0 amide bonds. The molecule has 0 saturated carbocycles. The summed E-state index contributed by atoms with van der Waals surface area (Å²) in [5, 5.41) is 16.8. The van der Waals surface area contributed by atoms with E-state index in [0.717, 1.165) is 34.6 Å². The van der Waals surface area contributed by atoms with Crippen LogP contribution in [0.3, 0.4) is 0 Å². The summed E-state index contributed by atoms with van der Waals surface area (Å²) >= 11 is 0. The number of carbonyl (C=O) groups excluding carboxylic acids is 1. The molecular weight excluding hydrogens is 569 g/mol. The van der Waals surface area contributed by atoms with Crippen LogP contribution in [-0.4, -0.2) is 61.6 Å². The van der Waals surface area contributed by atoms with E-state index in [1.165, 1.54) is 28.6 Å². The molecule has 10 nitrogen and oxygen atoms in total. The Balaban J connectivity index is 1.39. The molecule has 43 heavy (non-hydrogen) atoms. The highest BCUT2D eigenvalue weighted by Gasteiger charge is 2.34. The van der Waals surface area contributed by atoms with Gasteiger partial charge in [0.1, 0.15) is 17.2 Å². The van der Waals surface area contributed by atoms with Crippen LogP contribution in [0, 0.1) is 19.7 Å². The van der Waals surface area contributed by atoms with Crippen molar-refractivity contribution in [1.82, 2.24) is 34.3 Å². The number of hydrogen-bond donors (Lipinski definition) is 0. The molecule has 1 saturated heterocycles. The van der Waals surface area contributed by atoms with Crippen LogP contribution >= 0.6 is 0 Å². The molecule has 3 aromatic carbocycles. The predicted octanol–water partition coefficient (Wildman–Crippen LogP) is 4.34. The number of sulfonamides is 1. The standard InChI is InChI=1S/C31H26FN7O3S/c1-21-7-3-5-9-29(21)38-19-26(33-35-38)15-23-17-37(43(41,42)28-13-11-25(32)12-14-28)18-24(31(23)40)16-27-20-39(36-34-27)30-10-6-4-8-22(30)2/h3-16,19-20H,17-18H2,1-2H3. The first kappa shape index (κ1) is 28.1. The Kier molecular flexibility index (Phi) is 7.38. The highest BCUT2D eigenvalue weighted by atomic mass is 32.2. The van der Waals surface area contributed by atoms with Crippen LogP contribution in [0.4, 0.5) is 4.39 Å². The summed E-state index contributed by atoms with van der Waals surface area (Å²) in [4.78, 5) is 13.6. The van der Waals surface area contributed by atoms with Crippen molar-refractivity contribution in [2.75, 3.05) is 13.1 Å². The van der Waals surface area contributed by atoms with Crippen molar-refractivity contribution in [2.45, 2.75) is 18.7 Å². The van der Waals surface area contributed by atoms with Gasteiger partial charge in [0.25, 0.3) is 0 Å². The molecular formula is C31H26FN7O3S. The lowest BCUT2D eigenvalue weighted by Crippen LogP contribution is -2.41. The maximum absolute atomic E-state index is 13.7. The average molecular weight is 596 g/mol. The van der Waals surface area contributed by atoms with Crippen molar-refractivity contribution >= 4 is 28.0 Å². The number of aromatic nitrogens is 6. The van der Waals surface area contributed by atoms with Crippen LogP contribution in [0.25, 0.3) is 23.5 Å². The summed E-state index contributed by atoms with van der Waals surface area (Å²) in [7, 11) is -4.09. The number of halogens is 1. The van der Waals surface area contributed by atoms with Crippen molar-refractivity contribution < 1.29 is 17.6 Å². The molecule has 0 N–H and O–H groups in total. The third kappa shape index (κ3) is 5.70. The number of nitrogens with zero attached hydrogens (tertiary/aromatic N) is 7. The van der Waals surface area contributed by atoms with Crippen LogP contribution in [-0.2, 0) is 14.8 Å². The first-order valence-electron chi connectivity index (χ1n) is 13.4. The zero-order valence-electron chi connectivity index (χ0n) is 23.3. The topological polar surface area (TPSA) is 116 Å². The zero-order valence-corrected chi connectivity index (χ0v) is 24.1. The summed E-state index contributed by atoms with van der Waals surface area (Å²) in [6.07, 6.45) is 6.42. The van der Waals surface area contributed by atoms with Crippen molar-refractivity contribution in [2.24, 2.45) is 0 Å². The number of benzene rings is 3. The first-order chi connectivity index (χ1) is 20.7. The van der Waals surface area contributed by atoms with E-state index in [9.17, 15) is 17.6 Å². The molecule has 0 aliphatic carbocycles. The van der Waals surface area contributed by atoms with Gasteiger partial charge in [-0.25, -0.2) is 22.2 Å².